The summed E-state index contributed by atoms with van der Waals surface area (Å²) in [6.45, 7) is 6.44. The van der Waals surface area contributed by atoms with E-state index in [-0.39, 0.29) is 17.6 Å². The lowest BCUT2D eigenvalue weighted by Crippen LogP contribution is -2.38. The van der Waals surface area contributed by atoms with Crippen molar-refractivity contribution in [3.8, 4) is 0 Å². The summed E-state index contributed by atoms with van der Waals surface area (Å²) < 4.78 is 5.48. The maximum atomic E-state index is 6.16. The highest BCUT2D eigenvalue weighted by Gasteiger charge is 2.31. The summed E-state index contributed by atoms with van der Waals surface area (Å²) in [6.07, 6.45) is 0.0529. The molecular formula is C11H19NOS. The second kappa shape index (κ2) is 4.43. The first-order chi connectivity index (χ1) is 6.46. The van der Waals surface area contributed by atoms with Gasteiger partial charge in [-0.15, -0.1) is 0 Å². The molecule has 14 heavy (non-hydrogen) atoms. The largest absolute Gasteiger partial charge is 0.379 e. The molecular weight excluding hydrogens is 194 g/mol. The number of hydrogen-bond acceptors (Lipinski definition) is 3. The van der Waals surface area contributed by atoms with Gasteiger partial charge in [0, 0.05) is 7.11 Å². The van der Waals surface area contributed by atoms with Crippen LogP contribution in [0, 0.1) is 5.41 Å². The van der Waals surface area contributed by atoms with Crippen molar-refractivity contribution in [2.75, 3.05) is 7.11 Å². The second-order valence-corrected chi connectivity index (χ2v) is 5.38. The zero-order valence-corrected chi connectivity index (χ0v) is 10.1. The Morgan fingerprint density at radius 3 is 2.43 bits per heavy atom. The normalized spacial score (nSPS) is 16.6. The van der Waals surface area contributed by atoms with Crippen LogP contribution in [-0.2, 0) is 4.74 Å². The third-order valence-corrected chi connectivity index (χ3v) is 3.06. The molecule has 0 aliphatic carbocycles. The Balaban J connectivity index is 2.81. The second-order valence-electron chi connectivity index (χ2n) is 4.60. The maximum absolute atomic E-state index is 6.16. The molecule has 0 aliphatic heterocycles. The van der Waals surface area contributed by atoms with Gasteiger partial charge in [0.2, 0.25) is 0 Å². The van der Waals surface area contributed by atoms with E-state index in [0.717, 1.165) is 5.56 Å². The SMILES string of the molecule is COC(C(N)c1ccsc1)C(C)(C)C. The van der Waals surface area contributed by atoms with Crippen LogP contribution in [0.1, 0.15) is 32.4 Å². The van der Waals surface area contributed by atoms with Crippen molar-refractivity contribution in [2.45, 2.75) is 32.9 Å². The molecule has 3 heteroatoms. The summed E-state index contributed by atoms with van der Waals surface area (Å²) in [5.74, 6) is 0. The van der Waals surface area contributed by atoms with Crippen LogP contribution in [0.15, 0.2) is 16.8 Å². The van der Waals surface area contributed by atoms with E-state index in [9.17, 15) is 0 Å². The number of rotatable bonds is 3. The Hall–Kier alpha value is -0.380. The predicted octanol–water partition coefficient (Wildman–Crippen LogP) is 2.81. The molecule has 1 rings (SSSR count). The Bertz CT molecular complexity index is 263. The number of ether oxygens (including phenoxy) is 1. The molecule has 80 valence electrons. The third kappa shape index (κ3) is 2.56. The molecule has 2 atom stereocenters. The van der Waals surface area contributed by atoms with Gasteiger partial charge >= 0.3 is 0 Å². The predicted molar refractivity (Wildman–Crippen MR) is 61.5 cm³/mol. The molecule has 0 spiro atoms. The van der Waals surface area contributed by atoms with Crippen molar-refractivity contribution < 1.29 is 4.74 Å². The lowest BCUT2D eigenvalue weighted by Gasteiger charge is -2.33. The molecule has 1 heterocycles. The molecule has 2 unspecified atom stereocenters. The minimum Gasteiger partial charge on any atom is -0.379 e. The molecule has 2 nitrogen and oxygen atoms in total. The van der Waals surface area contributed by atoms with Crippen LogP contribution in [0.25, 0.3) is 0 Å². The highest BCUT2D eigenvalue weighted by atomic mass is 32.1. The quantitative estimate of drug-likeness (QED) is 0.838. The number of thiophene rings is 1. The zero-order chi connectivity index (χ0) is 10.8. The van der Waals surface area contributed by atoms with Gasteiger partial charge in [0.15, 0.2) is 0 Å². The average Bonchev–Trinajstić information content (AvgIpc) is 2.53. The van der Waals surface area contributed by atoms with Crippen molar-refractivity contribution in [1.82, 2.24) is 0 Å². The molecule has 0 fully saturated rings. The fourth-order valence-electron chi connectivity index (χ4n) is 1.68. The Morgan fingerprint density at radius 1 is 1.43 bits per heavy atom. The van der Waals surface area contributed by atoms with E-state index in [2.05, 4.69) is 32.2 Å². The molecule has 1 aromatic rings. The van der Waals surface area contributed by atoms with Gasteiger partial charge in [-0.3, -0.25) is 0 Å². The van der Waals surface area contributed by atoms with Gasteiger partial charge < -0.3 is 10.5 Å². The van der Waals surface area contributed by atoms with Gasteiger partial charge in [-0.25, -0.2) is 0 Å². The van der Waals surface area contributed by atoms with Gasteiger partial charge in [-0.05, 0) is 27.8 Å². The summed E-state index contributed by atoms with van der Waals surface area (Å²) >= 11 is 1.67. The summed E-state index contributed by atoms with van der Waals surface area (Å²) in [5.41, 5.74) is 7.39. The van der Waals surface area contributed by atoms with Crippen molar-refractivity contribution in [3.05, 3.63) is 22.4 Å². The average molecular weight is 213 g/mol. The minimum absolute atomic E-state index is 0.0359. The molecule has 0 saturated carbocycles. The Morgan fingerprint density at radius 2 is 2.07 bits per heavy atom. The smallest absolute Gasteiger partial charge is 0.0812 e. The van der Waals surface area contributed by atoms with Crippen LogP contribution >= 0.6 is 11.3 Å². The van der Waals surface area contributed by atoms with Gasteiger partial charge in [0.25, 0.3) is 0 Å². The minimum atomic E-state index is -0.0359. The number of hydrogen-bond donors (Lipinski definition) is 1. The fourth-order valence-corrected chi connectivity index (χ4v) is 2.39. The molecule has 1 aromatic heterocycles. The molecule has 2 N–H and O–H groups in total. The fraction of sp³-hybridized carbons (Fsp3) is 0.636. The molecule has 0 aromatic carbocycles. The maximum Gasteiger partial charge on any atom is 0.0812 e. The van der Waals surface area contributed by atoms with Crippen LogP contribution in [0.4, 0.5) is 0 Å². The first-order valence-corrected chi connectivity index (χ1v) is 5.71. The van der Waals surface area contributed by atoms with Crippen LogP contribution in [-0.4, -0.2) is 13.2 Å². The van der Waals surface area contributed by atoms with E-state index in [4.69, 9.17) is 10.5 Å². The summed E-state index contributed by atoms with van der Waals surface area (Å²) in [5, 5.41) is 4.13. The molecule has 0 amide bonds. The first kappa shape index (κ1) is 11.7. The van der Waals surface area contributed by atoms with Crippen LogP contribution in [0.5, 0.6) is 0 Å². The van der Waals surface area contributed by atoms with Crippen LogP contribution < -0.4 is 5.73 Å². The monoisotopic (exact) mass is 213 g/mol. The summed E-state index contributed by atoms with van der Waals surface area (Å²) in [4.78, 5) is 0. The van der Waals surface area contributed by atoms with Crippen LogP contribution in [0.3, 0.4) is 0 Å². The lowest BCUT2D eigenvalue weighted by molar-refractivity contribution is -0.00234. The topological polar surface area (TPSA) is 35.2 Å². The first-order valence-electron chi connectivity index (χ1n) is 4.77. The van der Waals surface area contributed by atoms with E-state index in [1.54, 1.807) is 18.4 Å². The molecule has 0 saturated heterocycles. The van der Waals surface area contributed by atoms with Crippen LogP contribution in [0.2, 0.25) is 0 Å². The molecule has 0 aliphatic rings. The van der Waals surface area contributed by atoms with E-state index in [1.807, 2.05) is 5.38 Å². The third-order valence-electron chi connectivity index (χ3n) is 2.36. The molecule has 0 radical (unpaired) electrons. The summed E-state index contributed by atoms with van der Waals surface area (Å²) in [6, 6.07) is 2.03. The van der Waals surface area contributed by atoms with Gasteiger partial charge in [-0.2, -0.15) is 11.3 Å². The summed E-state index contributed by atoms with van der Waals surface area (Å²) in [7, 11) is 1.72. The van der Waals surface area contributed by atoms with Crippen molar-refractivity contribution in [2.24, 2.45) is 11.1 Å². The standard InChI is InChI=1S/C11H19NOS/c1-11(2,3)10(13-4)9(12)8-5-6-14-7-8/h5-7,9-10H,12H2,1-4H3. The highest BCUT2D eigenvalue weighted by Crippen LogP contribution is 2.31. The number of nitrogens with two attached hydrogens (primary N) is 1. The van der Waals surface area contributed by atoms with E-state index >= 15 is 0 Å². The lowest BCUT2D eigenvalue weighted by atomic mass is 9.83. The van der Waals surface area contributed by atoms with Gasteiger partial charge in [0.05, 0.1) is 12.1 Å². The van der Waals surface area contributed by atoms with Crippen molar-refractivity contribution in [3.63, 3.8) is 0 Å². The number of methoxy groups -OCH3 is 1. The Labute approximate surface area is 90.1 Å². The van der Waals surface area contributed by atoms with E-state index < -0.39 is 0 Å². The van der Waals surface area contributed by atoms with Gasteiger partial charge in [-0.1, -0.05) is 20.8 Å². The van der Waals surface area contributed by atoms with Crippen molar-refractivity contribution >= 4 is 11.3 Å². The van der Waals surface area contributed by atoms with E-state index in [0.29, 0.717) is 0 Å². The molecule has 0 bridgehead atoms. The Kier molecular flexibility index (Phi) is 3.70. The van der Waals surface area contributed by atoms with Crippen molar-refractivity contribution in [1.29, 1.82) is 0 Å². The highest BCUT2D eigenvalue weighted by molar-refractivity contribution is 7.07. The van der Waals surface area contributed by atoms with Gasteiger partial charge in [0.1, 0.15) is 0 Å². The zero-order valence-electron chi connectivity index (χ0n) is 9.28. The van der Waals surface area contributed by atoms with E-state index in [1.165, 1.54) is 0 Å².